The van der Waals surface area contributed by atoms with E-state index in [0.717, 1.165) is 17.3 Å². The number of ether oxygens (including phenoxy) is 2. The van der Waals surface area contributed by atoms with Crippen LogP contribution < -0.4 is 21.9 Å². The molecule has 0 radical (unpaired) electrons. The van der Waals surface area contributed by atoms with Crippen LogP contribution >= 0.6 is 11.8 Å². The number of benzene rings is 1. The number of rotatable bonds is 11. The first-order chi connectivity index (χ1) is 14.9. The molecule has 0 spiro atoms. The molecule has 0 aliphatic rings. The maximum absolute atomic E-state index is 12.8. The zero-order valence-corrected chi connectivity index (χ0v) is 18.3. The fourth-order valence-corrected chi connectivity index (χ4v) is 3.49. The SMILES string of the molecule is CCOC(=O)CSCC(=O)N(CCOC)c1c(N)n(Cc2ccccc2)c(=O)[nH]c1=O. The lowest BCUT2D eigenvalue weighted by molar-refractivity contribution is -0.139. The van der Waals surface area contributed by atoms with Gasteiger partial charge in [-0.15, -0.1) is 11.8 Å². The first-order valence-electron chi connectivity index (χ1n) is 9.58. The molecule has 0 aliphatic carbocycles. The van der Waals surface area contributed by atoms with Crippen molar-refractivity contribution in [2.75, 3.05) is 49.0 Å². The number of carbonyl (C=O) groups excluding carboxylic acids is 2. The van der Waals surface area contributed by atoms with Gasteiger partial charge in [0.25, 0.3) is 5.56 Å². The van der Waals surface area contributed by atoms with E-state index in [-0.39, 0.29) is 49.3 Å². The number of carbonyl (C=O) groups is 2. The molecule has 0 unspecified atom stereocenters. The monoisotopic (exact) mass is 450 g/mol. The van der Waals surface area contributed by atoms with Crippen molar-refractivity contribution in [1.29, 1.82) is 0 Å². The van der Waals surface area contributed by atoms with Crippen LogP contribution in [0.2, 0.25) is 0 Å². The third-order valence-corrected chi connectivity index (χ3v) is 5.13. The van der Waals surface area contributed by atoms with Gasteiger partial charge in [-0.05, 0) is 12.5 Å². The van der Waals surface area contributed by atoms with Gasteiger partial charge >= 0.3 is 11.7 Å². The highest BCUT2D eigenvalue weighted by Gasteiger charge is 2.24. The lowest BCUT2D eigenvalue weighted by Crippen LogP contribution is -2.43. The van der Waals surface area contributed by atoms with Crippen LogP contribution in [0.15, 0.2) is 39.9 Å². The van der Waals surface area contributed by atoms with Crippen molar-refractivity contribution in [2.45, 2.75) is 13.5 Å². The van der Waals surface area contributed by atoms with E-state index in [0.29, 0.717) is 0 Å². The Labute approximate surface area is 183 Å². The van der Waals surface area contributed by atoms with E-state index in [9.17, 15) is 19.2 Å². The summed E-state index contributed by atoms with van der Waals surface area (Å²) in [6.45, 7) is 2.26. The molecule has 10 nitrogen and oxygen atoms in total. The second kappa shape index (κ2) is 12.0. The molecule has 3 N–H and O–H groups in total. The number of nitrogens with zero attached hydrogens (tertiary/aromatic N) is 2. The number of hydrogen-bond acceptors (Lipinski definition) is 8. The second-order valence-corrected chi connectivity index (χ2v) is 7.39. The standard InChI is InChI=1S/C20H26N4O6S/c1-3-30-16(26)13-31-12-15(25)23(9-10-29-2)17-18(21)24(20(28)22-19(17)27)11-14-7-5-4-6-8-14/h4-8H,3,9-13,21H2,1-2H3,(H,22,27,28). The molecular weight excluding hydrogens is 424 g/mol. The lowest BCUT2D eigenvalue weighted by atomic mass is 10.2. The Bertz CT molecular complexity index is 1000. The van der Waals surface area contributed by atoms with Crippen molar-refractivity contribution in [3.05, 3.63) is 56.7 Å². The third-order valence-electron chi connectivity index (χ3n) is 4.24. The molecule has 0 saturated heterocycles. The number of anilines is 2. The number of thioether (sulfide) groups is 1. The summed E-state index contributed by atoms with van der Waals surface area (Å²) < 4.78 is 11.1. The van der Waals surface area contributed by atoms with Gasteiger partial charge in [0.1, 0.15) is 5.82 Å². The van der Waals surface area contributed by atoms with Crippen LogP contribution in [0.1, 0.15) is 12.5 Å². The predicted octanol–water partition coefficient (Wildman–Crippen LogP) is 0.443. The fraction of sp³-hybridized carbons (Fsp3) is 0.400. The number of H-pyrrole nitrogens is 1. The lowest BCUT2D eigenvalue weighted by Gasteiger charge is -2.24. The summed E-state index contributed by atoms with van der Waals surface area (Å²) in [5.74, 6) is -1.10. The summed E-state index contributed by atoms with van der Waals surface area (Å²) in [7, 11) is 1.46. The Kier molecular flexibility index (Phi) is 9.35. The van der Waals surface area contributed by atoms with E-state index >= 15 is 0 Å². The number of nitrogen functional groups attached to an aromatic ring is 1. The maximum atomic E-state index is 12.8. The summed E-state index contributed by atoms with van der Waals surface area (Å²) in [5.41, 5.74) is 5.41. The zero-order chi connectivity index (χ0) is 22.8. The molecule has 2 aromatic rings. The number of aromatic nitrogens is 2. The quantitative estimate of drug-likeness (QED) is 0.471. The Morgan fingerprint density at radius 3 is 2.55 bits per heavy atom. The number of nitrogens with one attached hydrogen (secondary N) is 1. The van der Waals surface area contributed by atoms with E-state index in [2.05, 4.69) is 4.98 Å². The molecule has 0 bridgehead atoms. The van der Waals surface area contributed by atoms with Gasteiger partial charge in [-0.1, -0.05) is 30.3 Å². The van der Waals surface area contributed by atoms with Crippen molar-refractivity contribution < 1.29 is 19.1 Å². The molecule has 31 heavy (non-hydrogen) atoms. The maximum Gasteiger partial charge on any atom is 0.330 e. The van der Waals surface area contributed by atoms with Gasteiger partial charge in [0.15, 0.2) is 5.69 Å². The van der Waals surface area contributed by atoms with E-state index in [1.807, 2.05) is 30.3 Å². The van der Waals surface area contributed by atoms with Crippen LogP contribution in [0, 0.1) is 0 Å². The summed E-state index contributed by atoms with van der Waals surface area (Å²) in [4.78, 5) is 52.7. The zero-order valence-electron chi connectivity index (χ0n) is 17.5. The average molecular weight is 451 g/mol. The molecule has 0 aliphatic heterocycles. The number of methoxy groups -OCH3 is 1. The molecule has 1 aromatic carbocycles. The smallest absolute Gasteiger partial charge is 0.330 e. The summed E-state index contributed by atoms with van der Waals surface area (Å²) in [5, 5.41) is 0. The minimum absolute atomic E-state index is 0.00293. The Balaban J connectivity index is 2.33. The van der Waals surface area contributed by atoms with Gasteiger partial charge in [-0.3, -0.25) is 23.9 Å². The summed E-state index contributed by atoms with van der Waals surface area (Å²) in [6.07, 6.45) is 0. The first-order valence-corrected chi connectivity index (χ1v) is 10.7. The molecule has 0 atom stereocenters. The molecule has 0 fully saturated rings. The molecule has 11 heteroatoms. The van der Waals surface area contributed by atoms with Crippen molar-refractivity contribution in [3.63, 3.8) is 0 Å². The topological polar surface area (TPSA) is 137 Å². The van der Waals surface area contributed by atoms with Gasteiger partial charge in [-0.2, -0.15) is 0 Å². The van der Waals surface area contributed by atoms with E-state index < -0.39 is 23.1 Å². The number of hydrogen-bond donors (Lipinski definition) is 2. The molecule has 2 rings (SSSR count). The third kappa shape index (κ3) is 6.72. The Morgan fingerprint density at radius 2 is 1.90 bits per heavy atom. The number of amides is 1. The molecule has 1 heterocycles. The number of nitrogens with two attached hydrogens (primary N) is 1. The van der Waals surface area contributed by atoms with Crippen LogP contribution in [0.3, 0.4) is 0 Å². The minimum atomic E-state index is -0.772. The van der Waals surface area contributed by atoms with Crippen molar-refractivity contribution >= 4 is 35.1 Å². The van der Waals surface area contributed by atoms with Crippen LogP contribution in [0.5, 0.6) is 0 Å². The molecular formula is C20H26N4O6S. The highest BCUT2D eigenvalue weighted by molar-refractivity contribution is 8.00. The van der Waals surface area contributed by atoms with Crippen molar-refractivity contribution in [3.8, 4) is 0 Å². The van der Waals surface area contributed by atoms with Crippen molar-refractivity contribution in [1.82, 2.24) is 9.55 Å². The van der Waals surface area contributed by atoms with Gasteiger partial charge in [0.2, 0.25) is 5.91 Å². The Morgan fingerprint density at radius 1 is 1.19 bits per heavy atom. The second-order valence-electron chi connectivity index (χ2n) is 6.40. The van der Waals surface area contributed by atoms with Gasteiger partial charge in [0, 0.05) is 13.7 Å². The van der Waals surface area contributed by atoms with Crippen LogP contribution in [-0.2, 0) is 25.6 Å². The fourth-order valence-electron chi connectivity index (χ4n) is 2.81. The van der Waals surface area contributed by atoms with Crippen molar-refractivity contribution in [2.24, 2.45) is 0 Å². The minimum Gasteiger partial charge on any atom is -0.465 e. The van der Waals surface area contributed by atoms with E-state index in [1.54, 1.807) is 6.92 Å². The Hall–Kier alpha value is -3.05. The van der Waals surface area contributed by atoms with Gasteiger partial charge in [0.05, 0.1) is 31.3 Å². The summed E-state index contributed by atoms with van der Waals surface area (Å²) in [6, 6.07) is 9.11. The van der Waals surface area contributed by atoms with Gasteiger partial charge < -0.3 is 20.1 Å². The average Bonchev–Trinajstić information content (AvgIpc) is 2.74. The summed E-state index contributed by atoms with van der Waals surface area (Å²) >= 11 is 1.06. The van der Waals surface area contributed by atoms with E-state index in [1.165, 1.54) is 16.6 Å². The van der Waals surface area contributed by atoms with Crippen LogP contribution in [0.25, 0.3) is 0 Å². The van der Waals surface area contributed by atoms with Gasteiger partial charge in [-0.25, -0.2) is 4.79 Å². The molecule has 1 aromatic heterocycles. The number of aromatic amines is 1. The molecule has 168 valence electrons. The predicted molar refractivity (Wildman–Crippen MR) is 119 cm³/mol. The molecule has 1 amide bonds. The first kappa shape index (κ1) is 24.2. The molecule has 0 saturated carbocycles. The van der Waals surface area contributed by atoms with Crippen LogP contribution in [0.4, 0.5) is 11.5 Å². The van der Waals surface area contributed by atoms with E-state index in [4.69, 9.17) is 15.2 Å². The normalized spacial score (nSPS) is 10.6. The highest BCUT2D eigenvalue weighted by atomic mass is 32.2. The largest absolute Gasteiger partial charge is 0.465 e. The number of esters is 1. The van der Waals surface area contributed by atoms with Crippen LogP contribution in [-0.4, -0.2) is 59.8 Å². The highest BCUT2D eigenvalue weighted by Crippen LogP contribution is 2.19.